The van der Waals surface area contributed by atoms with Gasteiger partial charge in [0.15, 0.2) is 6.61 Å². The Morgan fingerprint density at radius 2 is 1.79 bits per heavy atom. The van der Waals surface area contributed by atoms with E-state index in [1.165, 1.54) is 35.6 Å². The van der Waals surface area contributed by atoms with E-state index in [9.17, 15) is 18.0 Å². The van der Waals surface area contributed by atoms with Crippen molar-refractivity contribution in [3.8, 4) is 0 Å². The maximum atomic E-state index is 12.4. The summed E-state index contributed by atoms with van der Waals surface area (Å²) in [6.07, 6.45) is -0.309. The number of esters is 2. The summed E-state index contributed by atoms with van der Waals surface area (Å²) in [5, 5.41) is 0. The van der Waals surface area contributed by atoms with Crippen molar-refractivity contribution in [1.29, 1.82) is 0 Å². The van der Waals surface area contributed by atoms with E-state index in [0.29, 0.717) is 0 Å². The highest BCUT2D eigenvalue weighted by Gasteiger charge is 2.24. The van der Waals surface area contributed by atoms with Gasteiger partial charge in [-0.2, -0.15) is 4.31 Å². The molecule has 24 heavy (non-hydrogen) atoms. The van der Waals surface area contributed by atoms with Crippen molar-refractivity contribution in [1.82, 2.24) is 4.31 Å². The van der Waals surface area contributed by atoms with Gasteiger partial charge in [0.25, 0.3) is 0 Å². The van der Waals surface area contributed by atoms with Crippen molar-refractivity contribution in [2.24, 2.45) is 0 Å². The van der Waals surface area contributed by atoms with E-state index in [4.69, 9.17) is 9.47 Å². The molecular weight excluding hydrogens is 334 g/mol. The molecule has 0 unspecified atom stereocenters. The first-order valence-corrected chi connectivity index (χ1v) is 8.94. The highest BCUT2D eigenvalue weighted by Crippen LogP contribution is 2.18. The molecule has 1 rings (SSSR count). The molecule has 0 aliphatic rings. The van der Waals surface area contributed by atoms with E-state index in [-0.39, 0.29) is 22.6 Å². The minimum Gasteiger partial charge on any atom is -0.460 e. The third kappa shape index (κ3) is 5.31. The van der Waals surface area contributed by atoms with Crippen LogP contribution in [0, 0.1) is 0 Å². The molecule has 0 bridgehead atoms. The average Bonchev–Trinajstić information content (AvgIpc) is 2.51. The van der Waals surface area contributed by atoms with Gasteiger partial charge in [0.05, 0.1) is 16.6 Å². The lowest BCUT2D eigenvalue weighted by Gasteiger charge is -2.21. The number of carbonyl (C=O) groups excluding carboxylic acids is 2. The van der Waals surface area contributed by atoms with E-state index >= 15 is 0 Å². The zero-order chi connectivity index (χ0) is 18.5. The predicted molar refractivity (Wildman–Crippen MR) is 88.0 cm³/mol. The van der Waals surface area contributed by atoms with Crippen LogP contribution in [0.3, 0.4) is 0 Å². The van der Waals surface area contributed by atoms with Crippen molar-refractivity contribution in [3.63, 3.8) is 0 Å². The van der Waals surface area contributed by atoms with Gasteiger partial charge in [-0.15, -0.1) is 0 Å². The quantitative estimate of drug-likeness (QED) is 0.692. The molecule has 0 N–H and O–H groups in total. The largest absolute Gasteiger partial charge is 0.460 e. The van der Waals surface area contributed by atoms with Crippen molar-refractivity contribution >= 4 is 22.0 Å². The van der Waals surface area contributed by atoms with Crippen LogP contribution in [0.15, 0.2) is 29.2 Å². The Morgan fingerprint density at radius 1 is 1.17 bits per heavy atom. The second-order valence-electron chi connectivity index (χ2n) is 5.76. The second kappa shape index (κ2) is 8.25. The molecule has 7 nitrogen and oxygen atoms in total. The monoisotopic (exact) mass is 357 g/mol. The second-order valence-corrected chi connectivity index (χ2v) is 7.76. The highest BCUT2D eigenvalue weighted by molar-refractivity contribution is 7.89. The molecule has 0 saturated heterocycles. The van der Waals surface area contributed by atoms with Gasteiger partial charge < -0.3 is 9.47 Å². The van der Waals surface area contributed by atoms with E-state index in [0.717, 1.165) is 0 Å². The van der Waals surface area contributed by atoms with Crippen molar-refractivity contribution < 1.29 is 27.5 Å². The van der Waals surface area contributed by atoms with Crippen molar-refractivity contribution in [3.05, 3.63) is 29.8 Å². The molecule has 0 saturated carbocycles. The smallest absolute Gasteiger partial charge is 0.344 e. The van der Waals surface area contributed by atoms with Gasteiger partial charge in [0, 0.05) is 13.1 Å². The molecule has 8 heteroatoms. The zero-order valence-electron chi connectivity index (χ0n) is 14.5. The van der Waals surface area contributed by atoms with Crippen LogP contribution in [0.4, 0.5) is 0 Å². The number of carbonyl (C=O) groups is 2. The van der Waals surface area contributed by atoms with E-state index in [2.05, 4.69) is 0 Å². The van der Waals surface area contributed by atoms with Gasteiger partial charge in [0.2, 0.25) is 10.0 Å². The lowest BCUT2D eigenvalue weighted by molar-refractivity contribution is -0.150. The Labute approximate surface area is 142 Å². The number of ether oxygens (including phenoxy) is 2. The third-order valence-corrected chi connectivity index (χ3v) is 5.19. The molecule has 0 amide bonds. The minimum absolute atomic E-state index is 0.0158. The van der Waals surface area contributed by atoms with Gasteiger partial charge in [0.1, 0.15) is 0 Å². The van der Waals surface area contributed by atoms with Crippen LogP contribution in [0.25, 0.3) is 0 Å². The summed E-state index contributed by atoms with van der Waals surface area (Å²) in [5.41, 5.74) is 0.0468. The summed E-state index contributed by atoms with van der Waals surface area (Å²) in [6, 6.07) is 5.27. The van der Waals surface area contributed by atoms with Crippen LogP contribution >= 0.6 is 0 Å². The third-order valence-electron chi connectivity index (χ3n) is 3.16. The Hall–Kier alpha value is -1.93. The molecule has 0 aliphatic heterocycles. The summed E-state index contributed by atoms with van der Waals surface area (Å²) in [4.78, 5) is 23.3. The summed E-state index contributed by atoms with van der Waals surface area (Å²) >= 11 is 0. The van der Waals surface area contributed by atoms with Crippen LogP contribution in [-0.2, 0) is 24.3 Å². The van der Waals surface area contributed by atoms with Gasteiger partial charge in [-0.25, -0.2) is 18.0 Å². The minimum atomic E-state index is -3.71. The van der Waals surface area contributed by atoms with E-state index in [1.807, 2.05) is 0 Å². The standard InChI is InChI=1S/C16H23NO6S/c1-11(2)17(5)24(20,21)14-8-6-7-13(9-14)16(19)22-10-15(18)23-12(3)4/h6-9,11-12H,10H2,1-5H3. The summed E-state index contributed by atoms with van der Waals surface area (Å²) in [5.74, 6) is -1.46. The van der Waals surface area contributed by atoms with Crippen molar-refractivity contribution in [2.45, 2.75) is 44.7 Å². The fourth-order valence-electron chi connectivity index (χ4n) is 1.73. The van der Waals surface area contributed by atoms with Crippen molar-refractivity contribution in [2.75, 3.05) is 13.7 Å². The lowest BCUT2D eigenvalue weighted by Crippen LogP contribution is -2.33. The molecule has 0 aliphatic carbocycles. The van der Waals surface area contributed by atoms with E-state index < -0.39 is 28.6 Å². The molecule has 0 fully saturated rings. The Balaban J connectivity index is 2.89. The Morgan fingerprint density at radius 3 is 2.33 bits per heavy atom. The Kier molecular flexibility index (Phi) is 6.92. The number of hydrogen-bond donors (Lipinski definition) is 0. The maximum absolute atomic E-state index is 12.4. The molecule has 134 valence electrons. The first-order valence-electron chi connectivity index (χ1n) is 7.50. The molecule has 1 aromatic carbocycles. The maximum Gasteiger partial charge on any atom is 0.344 e. The zero-order valence-corrected chi connectivity index (χ0v) is 15.3. The number of hydrogen-bond acceptors (Lipinski definition) is 6. The lowest BCUT2D eigenvalue weighted by atomic mass is 10.2. The number of rotatable bonds is 7. The molecule has 0 radical (unpaired) electrons. The molecule has 0 spiro atoms. The number of nitrogens with zero attached hydrogens (tertiary/aromatic N) is 1. The fraction of sp³-hybridized carbons (Fsp3) is 0.500. The first-order chi connectivity index (χ1) is 11.1. The topological polar surface area (TPSA) is 90.0 Å². The average molecular weight is 357 g/mol. The van der Waals surface area contributed by atoms with Crippen LogP contribution in [0.5, 0.6) is 0 Å². The predicted octanol–water partition coefficient (Wildman–Crippen LogP) is 1.82. The molecule has 0 atom stereocenters. The summed E-state index contributed by atoms with van der Waals surface area (Å²) < 4.78 is 35.8. The normalized spacial score (nSPS) is 11.8. The summed E-state index contributed by atoms with van der Waals surface area (Å²) in [6.45, 7) is 6.32. The number of sulfonamides is 1. The van der Waals surface area contributed by atoms with Crippen LogP contribution in [0.2, 0.25) is 0 Å². The fourth-order valence-corrected chi connectivity index (χ4v) is 3.15. The molecular formula is C16H23NO6S. The SMILES string of the molecule is CC(C)OC(=O)COC(=O)c1cccc(S(=O)(=O)N(C)C(C)C)c1. The molecule has 0 heterocycles. The van der Waals surface area contributed by atoms with Gasteiger partial charge in [-0.05, 0) is 45.9 Å². The van der Waals surface area contributed by atoms with Crippen LogP contribution < -0.4 is 0 Å². The number of benzene rings is 1. The van der Waals surface area contributed by atoms with Gasteiger partial charge >= 0.3 is 11.9 Å². The van der Waals surface area contributed by atoms with Gasteiger partial charge in [-0.3, -0.25) is 0 Å². The molecule has 0 aromatic heterocycles. The van der Waals surface area contributed by atoms with E-state index in [1.54, 1.807) is 27.7 Å². The van der Waals surface area contributed by atoms with Gasteiger partial charge in [-0.1, -0.05) is 6.07 Å². The highest BCUT2D eigenvalue weighted by atomic mass is 32.2. The van der Waals surface area contributed by atoms with Crippen LogP contribution in [-0.4, -0.2) is 50.5 Å². The summed E-state index contributed by atoms with van der Waals surface area (Å²) in [7, 11) is -2.24. The molecule has 1 aromatic rings. The van der Waals surface area contributed by atoms with Crippen LogP contribution in [0.1, 0.15) is 38.1 Å². The Bertz CT molecular complexity index is 696. The first kappa shape index (κ1) is 20.1.